The minimum Gasteiger partial charge on any atom is -0.440 e. The Morgan fingerprint density at radius 2 is 1.94 bits per heavy atom. The van der Waals surface area contributed by atoms with Crippen LogP contribution in [0.2, 0.25) is 0 Å². The highest BCUT2D eigenvalue weighted by Crippen LogP contribution is 2.43. The summed E-state index contributed by atoms with van der Waals surface area (Å²) in [5.41, 5.74) is 4.42. The molecule has 1 aromatic heterocycles. The standard InChI is InChI=1S/C25H27N3O2S/c1-17-7-8-18(16-28-11-13-31-14-12-28)15-21(17)26-24(29)22-23(19-9-10-19)30-25(27-22)20-5-3-2-4-6-20/h2-8,15,19H,9-14,16H2,1H3,(H,26,29). The lowest BCUT2D eigenvalue weighted by atomic mass is 10.1. The fourth-order valence-corrected chi connectivity index (χ4v) is 4.90. The summed E-state index contributed by atoms with van der Waals surface area (Å²) in [4.78, 5) is 20.3. The normalized spacial score (nSPS) is 16.9. The average molecular weight is 434 g/mol. The molecule has 0 atom stereocenters. The van der Waals surface area contributed by atoms with E-state index in [0.717, 1.165) is 55.1 Å². The van der Waals surface area contributed by atoms with E-state index < -0.39 is 0 Å². The zero-order chi connectivity index (χ0) is 21.2. The Balaban J connectivity index is 1.37. The van der Waals surface area contributed by atoms with E-state index in [2.05, 4.69) is 33.4 Å². The number of carbonyl (C=O) groups is 1. The maximum atomic E-state index is 13.2. The molecule has 3 aromatic rings. The van der Waals surface area contributed by atoms with Crippen LogP contribution in [-0.2, 0) is 6.54 Å². The summed E-state index contributed by atoms with van der Waals surface area (Å²) < 4.78 is 6.06. The second-order valence-corrected chi connectivity index (χ2v) is 9.59. The molecule has 0 radical (unpaired) electrons. The predicted molar refractivity (Wildman–Crippen MR) is 126 cm³/mol. The largest absolute Gasteiger partial charge is 0.440 e. The van der Waals surface area contributed by atoms with Crippen molar-refractivity contribution in [3.05, 3.63) is 71.1 Å². The molecular formula is C25H27N3O2S. The number of nitrogens with one attached hydrogen (secondary N) is 1. The number of nitrogens with zero attached hydrogens (tertiary/aromatic N) is 2. The first kappa shape index (κ1) is 20.3. The minimum absolute atomic E-state index is 0.192. The third kappa shape index (κ3) is 4.70. The van der Waals surface area contributed by atoms with E-state index in [-0.39, 0.29) is 5.91 Å². The third-order valence-electron chi connectivity index (χ3n) is 5.90. The van der Waals surface area contributed by atoms with Gasteiger partial charge in [-0.3, -0.25) is 9.69 Å². The second kappa shape index (κ2) is 8.89. The van der Waals surface area contributed by atoms with E-state index >= 15 is 0 Å². The van der Waals surface area contributed by atoms with Gasteiger partial charge in [-0.05, 0) is 49.1 Å². The van der Waals surface area contributed by atoms with Gasteiger partial charge in [-0.2, -0.15) is 11.8 Å². The number of oxazole rings is 1. The number of anilines is 1. The van der Waals surface area contributed by atoms with Crippen molar-refractivity contribution in [3.8, 4) is 11.5 Å². The maximum absolute atomic E-state index is 13.2. The van der Waals surface area contributed by atoms with Gasteiger partial charge in [0.15, 0.2) is 5.69 Å². The average Bonchev–Trinajstić information content (AvgIpc) is 3.55. The molecule has 1 saturated heterocycles. The minimum atomic E-state index is -0.192. The van der Waals surface area contributed by atoms with Gasteiger partial charge in [-0.1, -0.05) is 30.3 Å². The molecule has 5 nitrogen and oxygen atoms in total. The van der Waals surface area contributed by atoms with E-state index in [1.54, 1.807) is 0 Å². The Kier molecular flexibility index (Phi) is 5.83. The lowest BCUT2D eigenvalue weighted by molar-refractivity contribution is 0.102. The number of hydrogen-bond donors (Lipinski definition) is 1. The van der Waals surface area contributed by atoms with Crippen LogP contribution in [0, 0.1) is 6.92 Å². The molecule has 0 unspecified atom stereocenters. The molecule has 2 heterocycles. The molecule has 160 valence electrons. The molecule has 5 rings (SSSR count). The summed E-state index contributed by atoms with van der Waals surface area (Å²) in [7, 11) is 0. The molecule has 2 fully saturated rings. The molecule has 2 aliphatic rings. The van der Waals surface area contributed by atoms with Gasteiger partial charge in [0.1, 0.15) is 5.76 Å². The summed E-state index contributed by atoms with van der Waals surface area (Å²) in [6.07, 6.45) is 2.10. The van der Waals surface area contributed by atoms with Crippen LogP contribution in [0.25, 0.3) is 11.5 Å². The lowest BCUT2D eigenvalue weighted by Crippen LogP contribution is -2.32. The molecule has 1 saturated carbocycles. The van der Waals surface area contributed by atoms with Crippen LogP contribution in [-0.4, -0.2) is 40.4 Å². The van der Waals surface area contributed by atoms with Crippen LogP contribution in [0.1, 0.15) is 46.1 Å². The third-order valence-corrected chi connectivity index (χ3v) is 6.84. The van der Waals surface area contributed by atoms with Gasteiger partial charge in [0, 0.05) is 48.3 Å². The van der Waals surface area contributed by atoms with Crippen LogP contribution in [0.4, 0.5) is 5.69 Å². The van der Waals surface area contributed by atoms with E-state index in [0.29, 0.717) is 17.5 Å². The Labute approximate surface area is 187 Å². The smallest absolute Gasteiger partial charge is 0.277 e. The van der Waals surface area contributed by atoms with Crippen molar-refractivity contribution in [2.45, 2.75) is 32.2 Å². The first-order chi connectivity index (χ1) is 15.2. The van der Waals surface area contributed by atoms with E-state index in [1.165, 1.54) is 17.1 Å². The number of rotatable bonds is 6. The molecule has 31 heavy (non-hydrogen) atoms. The summed E-state index contributed by atoms with van der Waals surface area (Å²) in [6, 6.07) is 16.1. The van der Waals surface area contributed by atoms with Crippen LogP contribution in [0.5, 0.6) is 0 Å². The van der Waals surface area contributed by atoms with E-state index in [1.807, 2.05) is 49.0 Å². The Morgan fingerprint density at radius 3 is 2.68 bits per heavy atom. The number of amides is 1. The van der Waals surface area contributed by atoms with E-state index in [4.69, 9.17) is 4.42 Å². The lowest BCUT2D eigenvalue weighted by Gasteiger charge is -2.26. The predicted octanol–water partition coefficient (Wildman–Crippen LogP) is 5.33. The summed E-state index contributed by atoms with van der Waals surface area (Å²) in [5.74, 6) is 3.72. The number of thioether (sulfide) groups is 1. The monoisotopic (exact) mass is 433 g/mol. The highest BCUT2D eigenvalue weighted by Gasteiger charge is 2.34. The van der Waals surface area contributed by atoms with Gasteiger partial charge < -0.3 is 9.73 Å². The molecule has 2 aromatic carbocycles. The Bertz CT molecular complexity index is 1070. The maximum Gasteiger partial charge on any atom is 0.277 e. The van der Waals surface area contributed by atoms with E-state index in [9.17, 15) is 4.79 Å². The number of hydrogen-bond acceptors (Lipinski definition) is 5. The Morgan fingerprint density at radius 1 is 1.16 bits per heavy atom. The summed E-state index contributed by atoms with van der Waals surface area (Å²) in [6.45, 7) is 5.18. The van der Waals surface area contributed by atoms with Crippen LogP contribution < -0.4 is 5.32 Å². The number of aryl methyl sites for hydroxylation is 1. The van der Waals surface area contributed by atoms with Gasteiger partial charge in [0.25, 0.3) is 5.91 Å². The van der Waals surface area contributed by atoms with Crippen molar-refractivity contribution in [2.24, 2.45) is 0 Å². The number of benzene rings is 2. The topological polar surface area (TPSA) is 58.4 Å². The SMILES string of the molecule is Cc1ccc(CN2CCSCC2)cc1NC(=O)c1nc(-c2ccccc2)oc1C1CC1. The highest BCUT2D eigenvalue weighted by atomic mass is 32.2. The molecule has 6 heteroatoms. The fraction of sp³-hybridized carbons (Fsp3) is 0.360. The second-order valence-electron chi connectivity index (χ2n) is 8.36. The van der Waals surface area contributed by atoms with Gasteiger partial charge in [-0.15, -0.1) is 0 Å². The number of aromatic nitrogens is 1. The molecule has 1 aliphatic heterocycles. The first-order valence-corrected chi connectivity index (χ1v) is 12.1. The number of carbonyl (C=O) groups excluding carboxylic acids is 1. The van der Waals surface area contributed by atoms with Crippen molar-refractivity contribution in [3.63, 3.8) is 0 Å². The van der Waals surface area contributed by atoms with Gasteiger partial charge in [0.2, 0.25) is 5.89 Å². The van der Waals surface area contributed by atoms with Crippen molar-refractivity contribution in [2.75, 3.05) is 29.9 Å². The van der Waals surface area contributed by atoms with Crippen molar-refractivity contribution < 1.29 is 9.21 Å². The van der Waals surface area contributed by atoms with Crippen molar-refractivity contribution in [1.82, 2.24) is 9.88 Å². The van der Waals surface area contributed by atoms with Crippen LogP contribution in [0.3, 0.4) is 0 Å². The first-order valence-electron chi connectivity index (χ1n) is 10.9. The molecular weight excluding hydrogens is 406 g/mol. The fourth-order valence-electron chi connectivity index (χ4n) is 3.92. The Hall–Kier alpha value is -2.57. The van der Waals surface area contributed by atoms with Gasteiger partial charge in [-0.25, -0.2) is 4.98 Å². The molecule has 1 amide bonds. The van der Waals surface area contributed by atoms with Crippen molar-refractivity contribution >= 4 is 23.4 Å². The highest BCUT2D eigenvalue weighted by molar-refractivity contribution is 7.99. The van der Waals surface area contributed by atoms with Gasteiger partial charge >= 0.3 is 0 Å². The molecule has 0 bridgehead atoms. The quantitative estimate of drug-likeness (QED) is 0.569. The molecule has 1 N–H and O–H groups in total. The zero-order valence-electron chi connectivity index (χ0n) is 17.8. The molecule has 0 spiro atoms. The van der Waals surface area contributed by atoms with Crippen LogP contribution in [0.15, 0.2) is 52.9 Å². The van der Waals surface area contributed by atoms with Crippen LogP contribution >= 0.6 is 11.8 Å². The molecule has 1 aliphatic carbocycles. The zero-order valence-corrected chi connectivity index (χ0v) is 18.6. The van der Waals surface area contributed by atoms with Crippen molar-refractivity contribution in [1.29, 1.82) is 0 Å². The summed E-state index contributed by atoms with van der Waals surface area (Å²) in [5, 5.41) is 3.11. The van der Waals surface area contributed by atoms with Gasteiger partial charge in [0.05, 0.1) is 0 Å². The summed E-state index contributed by atoms with van der Waals surface area (Å²) >= 11 is 2.02.